The van der Waals surface area contributed by atoms with Gasteiger partial charge in [-0.05, 0) is 24.1 Å². The molecule has 0 bridgehead atoms. The molecule has 1 unspecified atom stereocenters. The third-order valence-electron chi connectivity index (χ3n) is 3.03. The second-order valence-electron chi connectivity index (χ2n) is 4.70. The molecule has 0 radical (unpaired) electrons. The van der Waals surface area contributed by atoms with Crippen molar-refractivity contribution >= 4 is 17.4 Å². The number of amidine groups is 1. The van der Waals surface area contributed by atoms with Crippen LogP contribution < -0.4 is 11.1 Å². The van der Waals surface area contributed by atoms with Crippen molar-refractivity contribution in [1.82, 2.24) is 0 Å². The van der Waals surface area contributed by atoms with Crippen molar-refractivity contribution in [3.63, 3.8) is 0 Å². The molecule has 1 aromatic rings. The number of halogens is 1. The van der Waals surface area contributed by atoms with E-state index in [1.165, 1.54) is 12.1 Å². The van der Waals surface area contributed by atoms with E-state index in [2.05, 4.69) is 10.5 Å². The summed E-state index contributed by atoms with van der Waals surface area (Å²) >= 11 is 0. The lowest BCUT2D eigenvalue weighted by Crippen LogP contribution is -2.24. The van der Waals surface area contributed by atoms with Crippen LogP contribution in [0, 0.1) is 17.7 Å². The lowest BCUT2D eigenvalue weighted by Gasteiger charge is -2.15. The molecule has 0 aromatic heterocycles. The highest BCUT2D eigenvalue weighted by molar-refractivity contribution is 5.99. The SMILES string of the molecule is CC(C)C(C)C(=O)Nc1ccc(F)c(C(N)=NO)c1. The zero-order chi connectivity index (χ0) is 14.6. The van der Waals surface area contributed by atoms with Gasteiger partial charge >= 0.3 is 0 Å². The fourth-order valence-corrected chi connectivity index (χ4v) is 1.41. The first-order chi connectivity index (χ1) is 8.86. The second-order valence-corrected chi connectivity index (χ2v) is 4.70. The van der Waals surface area contributed by atoms with Gasteiger partial charge in [-0.25, -0.2) is 4.39 Å². The molecule has 1 rings (SSSR count). The monoisotopic (exact) mass is 267 g/mol. The summed E-state index contributed by atoms with van der Waals surface area (Å²) in [5.74, 6) is -1.09. The molecule has 0 aliphatic carbocycles. The second kappa shape index (κ2) is 6.17. The van der Waals surface area contributed by atoms with Crippen LogP contribution in [0.25, 0.3) is 0 Å². The molecule has 19 heavy (non-hydrogen) atoms. The summed E-state index contributed by atoms with van der Waals surface area (Å²) in [5.41, 5.74) is 5.70. The summed E-state index contributed by atoms with van der Waals surface area (Å²) in [5, 5.41) is 14.0. The van der Waals surface area contributed by atoms with Crippen molar-refractivity contribution in [2.24, 2.45) is 22.7 Å². The van der Waals surface area contributed by atoms with E-state index >= 15 is 0 Å². The predicted molar refractivity (Wildman–Crippen MR) is 71.5 cm³/mol. The van der Waals surface area contributed by atoms with E-state index < -0.39 is 5.82 Å². The maximum absolute atomic E-state index is 13.4. The Labute approximate surface area is 111 Å². The molecule has 104 valence electrons. The Morgan fingerprint density at radius 2 is 2.05 bits per heavy atom. The normalized spacial score (nSPS) is 13.4. The highest BCUT2D eigenvalue weighted by Gasteiger charge is 2.17. The molecule has 6 heteroatoms. The number of amides is 1. The third kappa shape index (κ3) is 3.67. The minimum atomic E-state index is -0.620. The first kappa shape index (κ1) is 14.9. The topological polar surface area (TPSA) is 87.7 Å². The zero-order valence-corrected chi connectivity index (χ0v) is 11.1. The van der Waals surface area contributed by atoms with E-state index in [0.29, 0.717) is 5.69 Å². The number of oxime groups is 1. The summed E-state index contributed by atoms with van der Waals surface area (Å²) in [7, 11) is 0. The highest BCUT2D eigenvalue weighted by Crippen LogP contribution is 2.17. The number of nitrogens with zero attached hydrogens (tertiary/aromatic N) is 1. The number of rotatable bonds is 4. The predicted octanol–water partition coefficient (Wildman–Crippen LogP) is 2.15. The number of carbonyl (C=O) groups is 1. The Bertz CT molecular complexity index is 501. The summed E-state index contributed by atoms with van der Waals surface area (Å²) in [6.45, 7) is 5.70. The Kier molecular flexibility index (Phi) is 4.86. The molecule has 0 saturated heterocycles. The maximum Gasteiger partial charge on any atom is 0.227 e. The molecular formula is C13H18FN3O2. The van der Waals surface area contributed by atoms with Gasteiger partial charge in [0.05, 0.1) is 5.56 Å². The summed E-state index contributed by atoms with van der Waals surface area (Å²) in [6.07, 6.45) is 0. The van der Waals surface area contributed by atoms with Crippen LogP contribution in [0.15, 0.2) is 23.4 Å². The van der Waals surface area contributed by atoms with Gasteiger partial charge in [0, 0.05) is 11.6 Å². The van der Waals surface area contributed by atoms with Gasteiger partial charge in [0.2, 0.25) is 5.91 Å². The van der Waals surface area contributed by atoms with Crippen molar-refractivity contribution in [3.8, 4) is 0 Å². The van der Waals surface area contributed by atoms with Gasteiger partial charge in [0.25, 0.3) is 0 Å². The minimum absolute atomic E-state index is 0.0579. The van der Waals surface area contributed by atoms with Crippen molar-refractivity contribution in [1.29, 1.82) is 0 Å². The standard InChI is InChI=1S/C13H18FN3O2/c1-7(2)8(3)13(18)16-9-4-5-11(14)10(6-9)12(15)17-19/h4-8,19H,1-3H3,(H2,15,17)(H,16,18). The van der Waals surface area contributed by atoms with Crippen LogP contribution in [0.4, 0.5) is 10.1 Å². The molecule has 4 N–H and O–H groups in total. The van der Waals surface area contributed by atoms with Crippen LogP contribution >= 0.6 is 0 Å². The van der Waals surface area contributed by atoms with Crippen LogP contribution in [0.1, 0.15) is 26.3 Å². The van der Waals surface area contributed by atoms with Crippen LogP contribution in [-0.4, -0.2) is 17.0 Å². The lowest BCUT2D eigenvalue weighted by atomic mass is 9.97. The van der Waals surface area contributed by atoms with Crippen LogP contribution in [0.2, 0.25) is 0 Å². The molecule has 1 atom stereocenters. The Balaban J connectivity index is 2.95. The Morgan fingerprint density at radius 1 is 1.42 bits per heavy atom. The number of nitrogens with two attached hydrogens (primary N) is 1. The van der Waals surface area contributed by atoms with E-state index in [4.69, 9.17) is 10.9 Å². The largest absolute Gasteiger partial charge is 0.409 e. The maximum atomic E-state index is 13.4. The molecule has 1 amide bonds. The van der Waals surface area contributed by atoms with Crippen LogP contribution in [0.3, 0.4) is 0 Å². The van der Waals surface area contributed by atoms with E-state index in [1.807, 2.05) is 20.8 Å². The van der Waals surface area contributed by atoms with Gasteiger partial charge in [-0.15, -0.1) is 0 Å². The average molecular weight is 267 g/mol. The lowest BCUT2D eigenvalue weighted by molar-refractivity contribution is -0.120. The molecule has 0 aliphatic rings. The summed E-state index contributed by atoms with van der Waals surface area (Å²) in [4.78, 5) is 11.9. The van der Waals surface area contributed by atoms with Crippen molar-refractivity contribution < 1.29 is 14.4 Å². The van der Waals surface area contributed by atoms with E-state index in [0.717, 1.165) is 6.07 Å². The van der Waals surface area contributed by atoms with Gasteiger partial charge < -0.3 is 16.3 Å². The first-order valence-corrected chi connectivity index (χ1v) is 5.95. The number of anilines is 1. The van der Waals surface area contributed by atoms with E-state index in [-0.39, 0.29) is 29.1 Å². The zero-order valence-electron chi connectivity index (χ0n) is 11.1. The molecular weight excluding hydrogens is 249 g/mol. The molecule has 5 nitrogen and oxygen atoms in total. The van der Waals surface area contributed by atoms with Crippen LogP contribution in [0.5, 0.6) is 0 Å². The van der Waals surface area contributed by atoms with Gasteiger partial charge in [0.15, 0.2) is 5.84 Å². The van der Waals surface area contributed by atoms with Crippen molar-refractivity contribution in [2.45, 2.75) is 20.8 Å². The molecule has 0 spiro atoms. The summed E-state index contributed by atoms with van der Waals surface area (Å²) < 4.78 is 13.4. The van der Waals surface area contributed by atoms with Gasteiger partial charge in [0.1, 0.15) is 5.82 Å². The average Bonchev–Trinajstić information content (AvgIpc) is 2.38. The van der Waals surface area contributed by atoms with E-state index in [1.54, 1.807) is 0 Å². The first-order valence-electron chi connectivity index (χ1n) is 5.95. The molecule has 0 saturated carbocycles. The molecule has 1 aromatic carbocycles. The highest BCUT2D eigenvalue weighted by atomic mass is 19.1. The molecule has 0 fully saturated rings. The molecule has 0 aliphatic heterocycles. The number of hydrogen-bond donors (Lipinski definition) is 3. The summed E-state index contributed by atoms with van der Waals surface area (Å²) in [6, 6.07) is 3.91. The third-order valence-corrected chi connectivity index (χ3v) is 3.03. The molecule has 0 heterocycles. The smallest absolute Gasteiger partial charge is 0.227 e. The van der Waals surface area contributed by atoms with Gasteiger partial charge in [-0.3, -0.25) is 4.79 Å². The minimum Gasteiger partial charge on any atom is -0.409 e. The number of benzene rings is 1. The Morgan fingerprint density at radius 3 is 2.58 bits per heavy atom. The van der Waals surface area contributed by atoms with Gasteiger partial charge in [-0.1, -0.05) is 25.9 Å². The number of nitrogens with one attached hydrogen (secondary N) is 1. The quantitative estimate of drug-likeness (QED) is 0.338. The van der Waals surface area contributed by atoms with Gasteiger partial charge in [-0.2, -0.15) is 0 Å². The fraction of sp³-hybridized carbons (Fsp3) is 0.385. The number of hydrogen-bond acceptors (Lipinski definition) is 3. The van der Waals surface area contributed by atoms with E-state index in [9.17, 15) is 9.18 Å². The van der Waals surface area contributed by atoms with Crippen molar-refractivity contribution in [3.05, 3.63) is 29.6 Å². The number of carbonyl (C=O) groups excluding carboxylic acids is 1. The fourth-order valence-electron chi connectivity index (χ4n) is 1.41. The van der Waals surface area contributed by atoms with Crippen LogP contribution in [-0.2, 0) is 4.79 Å². The van der Waals surface area contributed by atoms with Crippen molar-refractivity contribution in [2.75, 3.05) is 5.32 Å². The Hall–Kier alpha value is -2.11.